The highest BCUT2D eigenvalue weighted by molar-refractivity contribution is 5.98. The molecule has 168 valence electrons. The summed E-state index contributed by atoms with van der Waals surface area (Å²) in [4.78, 5) is 9.30. The van der Waals surface area contributed by atoms with Crippen LogP contribution in [0, 0.1) is 5.82 Å². The van der Waals surface area contributed by atoms with E-state index in [1.54, 1.807) is 0 Å². The van der Waals surface area contributed by atoms with Gasteiger partial charge in [0.2, 0.25) is 5.88 Å². The summed E-state index contributed by atoms with van der Waals surface area (Å²) in [5, 5.41) is 6.12. The van der Waals surface area contributed by atoms with Crippen LogP contribution < -0.4 is 4.74 Å². The van der Waals surface area contributed by atoms with E-state index in [2.05, 4.69) is 21.8 Å². The number of hydrogen-bond donors (Lipinski definition) is 0. The van der Waals surface area contributed by atoms with Crippen LogP contribution in [0.15, 0.2) is 79.0 Å². The first-order valence-corrected chi connectivity index (χ1v) is 11.5. The molecule has 6 heteroatoms. The Morgan fingerprint density at radius 1 is 1.00 bits per heavy atom. The predicted octanol–water partition coefficient (Wildman–Crippen LogP) is 6.04. The number of nitrogens with zero attached hydrogens (tertiary/aromatic N) is 4. The van der Waals surface area contributed by atoms with Crippen LogP contribution in [0.1, 0.15) is 24.1 Å². The lowest BCUT2D eigenvalue weighted by molar-refractivity contribution is 0.327. The lowest BCUT2D eigenvalue weighted by Gasteiger charge is -2.12. The van der Waals surface area contributed by atoms with Gasteiger partial charge in [0.05, 0.1) is 17.8 Å². The van der Waals surface area contributed by atoms with Gasteiger partial charge in [-0.05, 0) is 54.8 Å². The van der Waals surface area contributed by atoms with E-state index in [1.807, 2.05) is 61.7 Å². The van der Waals surface area contributed by atoms with Crippen LogP contribution in [0.5, 0.6) is 5.88 Å². The second-order valence-electron chi connectivity index (χ2n) is 8.47. The molecule has 5 nitrogen and oxygen atoms in total. The summed E-state index contributed by atoms with van der Waals surface area (Å²) < 4.78 is 21.2. The molecular weight excluding hydrogens is 427 g/mol. The molecule has 3 aromatic heterocycles. The molecule has 1 unspecified atom stereocenters. The van der Waals surface area contributed by atoms with Gasteiger partial charge in [-0.1, -0.05) is 36.4 Å². The standard InChI is InChI=1S/C28H23FN4O/c1-2-34-26-9-5-8-24(31-26)28-27(22-14-15-30-23-7-4-3-6-21(22)23)25-16-19(17-33(25)32-28)18-10-12-20(29)13-11-18/h3-15,19H,2,16-17H2,1H3. The van der Waals surface area contributed by atoms with Crippen LogP contribution in [0.2, 0.25) is 0 Å². The number of para-hydroxylation sites is 1. The smallest absolute Gasteiger partial charge is 0.213 e. The Kier molecular flexibility index (Phi) is 5.06. The van der Waals surface area contributed by atoms with E-state index < -0.39 is 0 Å². The Bertz CT molecular complexity index is 1490. The molecule has 0 aliphatic carbocycles. The molecule has 5 aromatic rings. The van der Waals surface area contributed by atoms with Crippen LogP contribution in [0.4, 0.5) is 4.39 Å². The zero-order valence-corrected chi connectivity index (χ0v) is 18.8. The fourth-order valence-corrected chi connectivity index (χ4v) is 4.87. The van der Waals surface area contributed by atoms with Gasteiger partial charge in [-0.2, -0.15) is 5.10 Å². The summed E-state index contributed by atoms with van der Waals surface area (Å²) in [5.41, 5.74) is 7.00. The molecule has 6 rings (SSSR count). The minimum atomic E-state index is -0.217. The Labute approximate surface area is 196 Å². The van der Waals surface area contributed by atoms with E-state index in [0.29, 0.717) is 12.5 Å². The molecule has 0 saturated carbocycles. The normalized spacial score (nSPS) is 14.9. The second kappa shape index (κ2) is 8.37. The Hall–Kier alpha value is -4.06. The lowest BCUT2D eigenvalue weighted by atomic mass is 9.92. The van der Waals surface area contributed by atoms with Crippen LogP contribution in [0.3, 0.4) is 0 Å². The van der Waals surface area contributed by atoms with Crippen molar-refractivity contribution in [3.8, 4) is 28.4 Å². The number of aromatic nitrogens is 4. The highest BCUT2D eigenvalue weighted by atomic mass is 19.1. The van der Waals surface area contributed by atoms with Gasteiger partial charge in [-0.3, -0.25) is 9.67 Å². The zero-order valence-electron chi connectivity index (χ0n) is 18.8. The number of ether oxygens (including phenoxy) is 1. The summed E-state index contributed by atoms with van der Waals surface area (Å²) in [6.07, 6.45) is 2.66. The van der Waals surface area contributed by atoms with Gasteiger partial charge in [-0.25, -0.2) is 9.37 Å². The van der Waals surface area contributed by atoms with E-state index in [9.17, 15) is 4.39 Å². The molecule has 1 aliphatic rings. The van der Waals surface area contributed by atoms with Crippen molar-refractivity contribution in [2.75, 3.05) is 6.61 Å². The van der Waals surface area contributed by atoms with Crippen LogP contribution in [0.25, 0.3) is 33.4 Å². The minimum Gasteiger partial charge on any atom is -0.478 e. The molecule has 0 spiro atoms. The van der Waals surface area contributed by atoms with Gasteiger partial charge in [-0.15, -0.1) is 0 Å². The molecule has 4 heterocycles. The quantitative estimate of drug-likeness (QED) is 0.328. The van der Waals surface area contributed by atoms with Gasteiger partial charge in [0.15, 0.2) is 0 Å². The van der Waals surface area contributed by atoms with Crippen molar-refractivity contribution in [2.24, 2.45) is 0 Å². The van der Waals surface area contributed by atoms with Crippen LogP contribution in [-0.2, 0) is 13.0 Å². The van der Waals surface area contributed by atoms with Gasteiger partial charge < -0.3 is 4.74 Å². The number of benzene rings is 2. The van der Waals surface area contributed by atoms with Gasteiger partial charge >= 0.3 is 0 Å². The molecule has 1 atom stereocenters. The third-order valence-corrected chi connectivity index (χ3v) is 6.41. The maximum atomic E-state index is 13.5. The summed E-state index contributed by atoms with van der Waals surface area (Å²) in [6, 6.07) is 22.8. The Morgan fingerprint density at radius 2 is 1.85 bits per heavy atom. The van der Waals surface area contributed by atoms with E-state index in [1.165, 1.54) is 12.1 Å². The molecule has 34 heavy (non-hydrogen) atoms. The van der Waals surface area contributed by atoms with Gasteiger partial charge in [0.1, 0.15) is 11.5 Å². The van der Waals surface area contributed by atoms with E-state index >= 15 is 0 Å². The topological polar surface area (TPSA) is 52.8 Å². The van der Waals surface area contributed by atoms with Crippen molar-refractivity contribution >= 4 is 10.9 Å². The van der Waals surface area contributed by atoms with E-state index in [4.69, 9.17) is 14.8 Å². The highest BCUT2D eigenvalue weighted by Crippen LogP contribution is 2.42. The van der Waals surface area contributed by atoms with Gasteiger partial charge in [0.25, 0.3) is 0 Å². The maximum absolute atomic E-state index is 13.5. The molecule has 0 fully saturated rings. The lowest BCUT2D eigenvalue weighted by Crippen LogP contribution is -2.03. The van der Waals surface area contributed by atoms with Gasteiger partial charge in [0, 0.05) is 41.4 Å². The summed E-state index contributed by atoms with van der Waals surface area (Å²) in [6.45, 7) is 3.24. The molecular formula is C28H23FN4O. The molecule has 0 radical (unpaired) electrons. The number of pyridine rings is 2. The summed E-state index contributed by atoms with van der Waals surface area (Å²) in [7, 11) is 0. The third kappa shape index (κ3) is 3.52. The number of halogens is 1. The molecule has 0 amide bonds. The Morgan fingerprint density at radius 3 is 2.71 bits per heavy atom. The van der Waals surface area contributed by atoms with Crippen molar-refractivity contribution in [3.63, 3.8) is 0 Å². The third-order valence-electron chi connectivity index (χ3n) is 6.41. The van der Waals surface area contributed by atoms with Crippen molar-refractivity contribution in [1.82, 2.24) is 19.7 Å². The number of fused-ring (bicyclic) bond motifs is 2. The first-order valence-electron chi connectivity index (χ1n) is 11.5. The summed E-state index contributed by atoms with van der Waals surface area (Å²) in [5.74, 6) is 0.612. The molecule has 0 N–H and O–H groups in total. The average molecular weight is 451 g/mol. The van der Waals surface area contributed by atoms with Crippen molar-refractivity contribution in [1.29, 1.82) is 0 Å². The Balaban J connectivity index is 1.53. The predicted molar refractivity (Wildman–Crippen MR) is 130 cm³/mol. The molecule has 1 aliphatic heterocycles. The minimum absolute atomic E-state index is 0.217. The highest BCUT2D eigenvalue weighted by Gasteiger charge is 2.31. The van der Waals surface area contributed by atoms with Crippen molar-refractivity contribution in [2.45, 2.75) is 25.8 Å². The number of hydrogen-bond acceptors (Lipinski definition) is 4. The van der Waals surface area contributed by atoms with Crippen LogP contribution in [-0.4, -0.2) is 26.4 Å². The van der Waals surface area contributed by atoms with Crippen molar-refractivity contribution < 1.29 is 9.13 Å². The van der Waals surface area contributed by atoms with E-state index in [0.717, 1.165) is 57.6 Å². The molecule has 0 saturated heterocycles. The fourth-order valence-electron chi connectivity index (χ4n) is 4.87. The average Bonchev–Trinajstić information content (AvgIpc) is 3.43. The first-order chi connectivity index (χ1) is 16.7. The van der Waals surface area contributed by atoms with Crippen LogP contribution >= 0.6 is 0 Å². The maximum Gasteiger partial charge on any atom is 0.213 e. The van der Waals surface area contributed by atoms with E-state index in [-0.39, 0.29) is 11.7 Å². The summed E-state index contributed by atoms with van der Waals surface area (Å²) >= 11 is 0. The zero-order chi connectivity index (χ0) is 23.1. The largest absolute Gasteiger partial charge is 0.478 e. The fraction of sp³-hybridized carbons (Fsp3) is 0.179. The SMILES string of the molecule is CCOc1cccc(-c2nn3c(c2-c2ccnc4ccccc24)CC(c2ccc(F)cc2)C3)n1. The first kappa shape index (κ1) is 20.5. The monoisotopic (exact) mass is 450 g/mol. The molecule has 2 aromatic carbocycles. The second-order valence-corrected chi connectivity index (χ2v) is 8.47. The molecule has 0 bridgehead atoms. The van der Waals surface area contributed by atoms with Crippen molar-refractivity contribution in [3.05, 3.63) is 96.1 Å². The number of rotatable bonds is 5.